The zero-order valence-electron chi connectivity index (χ0n) is 12.1. The van der Waals surface area contributed by atoms with Gasteiger partial charge >= 0.3 is 5.97 Å². The van der Waals surface area contributed by atoms with E-state index in [0.29, 0.717) is 17.9 Å². The van der Waals surface area contributed by atoms with Crippen molar-refractivity contribution in [3.8, 4) is 5.75 Å². The summed E-state index contributed by atoms with van der Waals surface area (Å²) in [5.41, 5.74) is -1.64. The van der Waals surface area contributed by atoms with Crippen LogP contribution in [-0.2, 0) is 15.1 Å². The standard InChI is InChI=1S/C15H21FO4/c1-4-10-20-12-8-6-11(7-9-12)15(3,18)13(16)14(17)19-5-2/h6-9,13,18H,4-5,10H2,1-3H3. The summed E-state index contributed by atoms with van der Waals surface area (Å²) in [6.45, 7) is 5.48. The van der Waals surface area contributed by atoms with Crippen molar-refractivity contribution in [2.75, 3.05) is 13.2 Å². The number of hydrogen-bond donors (Lipinski definition) is 1. The fourth-order valence-corrected chi connectivity index (χ4v) is 1.70. The van der Waals surface area contributed by atoms with Crippen LogP contribution in [0.4, 0.5) is 4.39 Å². The third-order valence-corrected chi connectivity index (χ3v) is 2.90. The predicted octanol–water partition coefficient (Wildman–Crippen LogP) is 2.58. The maximum atomic E-state index is 14.0. The molecule has 1 aromatic rings. The molecule has 5 heteroatoms. The summed E-state index contributed by atoms with van der Waals surface area (Å²) < 4.78 is 24.0. The second kappa shape index (κ2) is 7.24. The molecule has 1 rings (SSSR count). The first-order chi connectivity index (χ1) is 9.43. The summed E-state index contributed by atoms with van der Waals surface area (Å²) in [5, 5.41) is 10.2. The molecule has 20 heavy (non-hydrogen) atoms. The first kappa shape index (κ1) is 16.4. The van der Waals surface area contributed by atoms with Crippen LogP contribution in [0.2, 0.25) is 0 Å². The summed E-state index contributed by atoms with van der Waals surface area (Å²) >= 11 is 0. The van der Waals surface area contributed by atoms with Crippen LogP contribution in [0.1, 0.15) is 32.8 Å². The Morgan fingerprint density at radius 3 is 2.45 bits per heavy atom. The molecular formula is C15H21FO4. The summed E-state index contributed by atoms with van der Waals surface area (Å²) in [7, 11) is 0. The maximum absolute atomic E-state index is 14.0. The van der Waals surface area contributed by atoms with E-state index in [0.717, 1.165) is 6.42 Å². The van der Waals surface area contributed by atoms with E-state index >= 15 is 0 Å². The molecule has 1 aromatic carbocycles. The van der Waals surface area contributed by atoms with Gasteiger partial charge in [-0.1, -0.05) is 19.1 Å². The molecule has 0 spiro atoms. The van der Waals surface area contributed by atoms with Crippen LogP contribution in [-0.4, -0.2) is 30.5 Å². The minimum absolute atomic E-state index is 0.0686. The van der Waals surface area contributed by atoms with E-state index in [4.69, 9.17) is 4.74 Å². The normalized spacial score (nSPS) is 15.2. The van der Waals surface area contributed by atoms with Crippen LogP contribution >= 0.6 is 0 Å². The first-order valence-corrected chi connectivity index (χ1v) is 6.69. The van der Waals surface area contributed by atoms with Gasteiger partial charge in [-0.05, 0) is 38.0 Å². The molecular weight excluding hydrogens is 263 g/mol. The van der Waals surface area contributed by atoms with Crippen LogP contribution in [0.25, 0.3) is 0 Å². The molecule has 0 saturated carbocycles. The molecule has 2 unspecified atom stereocenters. The van der Waals surface area contributed by atoms with Crippen molar-refractivity contribution in [3.63, 3.8) is 0 Å². The number of rotatable bonds is 7. The highest BCUT2D eigenvalue weighted by molar-refractivity contribution is 5.76. The smallest absolute Gasteiger partial charge is 0.344 e. The van der Waals surface area contributed by atoms with Crippen molar-refractivity contribution >= 4 is 5.97 Å². The average molecular weight is 284 g/mol. The molecule has 0 aliphatic heterocycles. The number of esters is 1. The summed E-state index contributed by atoms with van der Waals surface area (Å²) in [6.07, 6.45) is -1.25. The lowest BCUT2D eigenvalue weighted by atomic mass is 9.91. The van der Waals surface area contributed by atoms with Gasteiger partial charge in [0.25, 0.3) is 0 Å². The van der Waals surface area contributed by atoms with Crippen molar-refractivity contribution in [2.24, 2.45) is 0 Å². The fourth-order valence-electron chi connectivity index (χ4n) is 1.70. The van der Waals surface area contributed by atoms with Gasteiger partial charge in [-0.25, -0.2) is 9.18 Å². The minimum Gasteiger partial charge on any atom is -0.494 e. The number of alkyl halides is 1. The molecule has 1 N–H and O–H groups in total. The highest BCUT2D eigenvalue weighted by Crippen LogP contribution is 2.29. The number of carbonyl (C=O) groups is 1. The summed E-state index contributed by atoms with van der Waals surface area (Å²) in [6, 6.07) is 6.35. The largest absolute Gasteiger partial charge is 0.494 e. The number of benzene rings is 1. The van der Waals surface area contributed by atoms with E-state index in [1.807, 2.05) is 6.92 Å². The Hall–Kier alpha value is -1.62. The zero-order valence-corrected chi connectivity index (χ0v) is 12.1. The zero-order chi connectivity index (χ0) is 15.2. The fraction of sp³-hybridized carbons (Fsp3) is 0.533. The lowest BCUT2D eigenvalue weighted by Crippen LogP contribution is -2.40. The molecule has 0 bridgehead atoms. The molecule has 0 saturated heterocycles. The number of carbonyl (C=O) groups excluding carboxylic acids is 1. The molecule has 0 aliphatic carbocycles. The van der Waals surface area contributed by atoms with Gasteiger partial charge in [-0.15, -0.1) is 0 Å². The molecule has 2 atom stereocenters. The second-order valence-corrected chi connectivity index (χ2v) is 4.63. The molecule has 0 fully saturated rings. The molecule has 0 aromatic heterocycles. The average Bonchev–Trinajstić information content (AvgIpc) is 2.45. The van der Waals surface area contributed by atoms with Gasteiger partial charge in [-0.2, -0.15) is 0 Å². The minimum atomic E-state index is -2.13. The molecule has 0 amide bonds. The molecule has 4 nitrogen and oxygen atoms in total. The topological polar surface area (TPSA) is 55.8 Å². The van der Waals surface area contributed by atoms with Crippen LogP contribution in [0.15, 0.2) is 24.3 Å². The van der Waals surface area contributed by atoms with Gasteiger partial charge in [0.2, 0.25) is 6.17 Å². The van der Waals surface area contributed by atoms with Gasteiger partial charge in [0, 0.05) is 0 Å². The number of hydrogen-bond acceptors (Lipinski definition) is 4. The Morgan fingerprint density at radius 2 is 1.95 bits per heavy atom. The quantitative estimate of drug-likeness (QED) is 0.782. The van der Waals surface area contributed by atoms with E-state index < -0.39 is 17.7 Å². The van der Waals surface area contributed by atoms with Crippen molar-refractivity contribution in [1.29, 1.82) is 0 Å². The second-order valence-electron chi connectivity index (χ2n) is 4.63. The summed E-state index contributed by atoms with van der Waals surface area (Å²) in [4.78, 5) is 11.4. The van der Waals surface area contributed by atoms with E-state index in [1.54, 1.807) is 19.1 Å². The van der Waals surface area contributed by atoms with Crippen LogP contribution in [0.3, 0.4) is 0 Å². The highest BCUT2D eigenvalue weighted by Gasteiger charge is 2.40. The third kappa shape index (κ3) is 3.93. The Labute approximate surface area is 118 Å². The molecule has 0 radical (unpaired) electrons. The van der Waals surface area contributed by atoms with Crippen molar-refractivity contribution in [2.45, 2.75) is 39.0 Å². The predicted molar refractivity (Wildman–Crippen MR) is 73.3 cm³/mol. The lowest BCUT2D eigenvalue weighted by molar-refractivity contribution is -0.160. The lowest BCUT2D eigenvalue weighted by Gasteiger charge is -2.26. The number of ether oxygens (including phenoxy) is 2. The highest BCUT2D eigenvalue weighted by atomic mass is 19.1. The van der Waals surface area contributed by atoms with E-state index in [2.05, 4.69) is 4.74 Å². The van der Waals surface area contributed by atoms with Crippen LogP contribution in [0, 0.1) is 0 Å². The molecule has 0 aliphatic rings. The van der Waals surface area contributed by atoms with Crippen LogP contribution < -0.4 is 4.74 Å². The Balaban J connectivity index is 2.83. The van der Waals surface area contributed by atoms with Crippen molar-refractivity contribution in [3.05, 3.63) is 29.8 Å². The first-order valence-electron chi connectivity index (χ1n) is 6.69. The Morgan fingerprint density at radius 1 is 1.35 bits per heavy atom. The molecule has 112 valence electrons. The molecule has 0 heterocycles. The summed E-state index contributed by atoms with van der Waals surface area (Å²) in [5.74, 6) is -0.429. The van der Waals surface area contributed by atoms with E-state index in [1.165, 1.54) is 19.1 Å². The van der Waals surface area contributed by atoms with E-state index in [-0.39, 0.29) is 6.61 Å². The van der Waals surface area contributed by atoms with Crippen molar-refractivity contribution < 1.29 is 23.8 Å². The monoisotopic (exact) mass is 284 g/mol. The van der Waals surface area contributed by atoms with E-state index in [9.17, 15) is 14.3 Å². The van der Waals surface area contributed by atoms with Gasteiger partial charge in [0.05, 0.1) is 13.2 Å². The number of halogens is 1. The van der Waals surface area contributed by atoms with Gasteiger partial charge < -0.3 is 14.6 Å². The SMILES string of the molecule is CCCOc1ccc(C(C)(O)C(F)C(=O)OCC)cc1. The Bertz CT molecular complexity index is 428. The van der Waals surface area contributed by atoms with Gasteiger partial charge in [-0.3, -0.25) is 0 Å². The number of aliphatic hydroxyl groups is 1. The third-order valence-electron chi connectivity index (χ3n) is 2.90. The Kier molecular flexibility index (Phi) is 5.95. The van der Waals surface area contributed by atoms with Gasteiger partial charge in [0.1, 0.15) is 11.4 Å². The van der Waals surface area contributed by atoms with Gasteiger partial charge in [0.15, 0.2) is 0 Å². The maximum Gasteiger partial charge on any atom is 0.344 e. The van der Waals surface area contributed by atoms with Crippen LogP contribution in [0.5, 0.6) is 5.75 Å². The van der Waals surface area contributed by atoms with Crippen molar-refractivity contribution in [1.82, 2.24) is 0 Å².